The van der Waals surface area contributed by atoms with Crippen LogP contribution in [-0.2, 0) is 13.0 Å². The Labute approximate surface area is 141 Å². The van der Waals surface area contributed by atoms with Crippen LogP contribution in [0.15, 0.2) is 39.5 Å². The van der Waals surface area contributed by atoms with Gasteiger partial charge in [-0.1, -0.05) is 5.16 Å². The first-order valence-electron chi connectivity index (χ1n) is 7.81. The van der Waals surface area contributed by atoms with Crippen molar-refractivity contribution in [2.75, 3.05) is 6.54 Å². The molecular formula is C18H14F2N2O3. The van der Waals surface area contributed by atoms with Gasteiger partial charge in [0.25, 0.3) is 5.91 Å². The normalized spacial score (nSPS) is 13.8. The fraction of sp³-hybridized carbons (Fsp3) is 0.222. The first-order valence-corrected chi connectivity index (χ1v) is 7.81. The molecule has 0 saturated heterocycles. The van der Waals surface area contributed by atoms with Crippen molar-refractivity contribution in [3.63, 3.8) is 0 Å². The van der Waals surface area contributed by atoms with Crippen LogP contribution in [0.4, 0.5) is 8.78 Å². The maximum atomic E-state index is 13.5. The summed E-state index contributed by atoms with van der Waals surface area (Å²) in [5, 5.41) is 3.99. The van der Waals surface area contributed by atoms with Gasteiger partial charge in [0.2, 0.25) is 0 Å². The van der Waals surface area contributed by atoms with E-state index in [0.29, 0.717) is 41.3 Å². The number of fused-ring (bicyclic) bond motifs is 1. The van der Waals surface area contributed by atoms with Gasteiger partial charge in [-0.25, -0.2) is 8.78 Å². The van der Waals surface area contributed by atoms with Crippen LogP contribution in [0.3, 0.4) is 0 Å². The lowest BCUT2D eigenvalue weighted by molar-refractivity contribution is 0.0695. The Hall–Kier alpha value is -2.96. The van der Waals surface area contributed by atoms with Crippen molar-refractivity contribution >= 4 is 5.91 Å². The van der Waals surface area contributed by atoms with Gasteiger partial charge in [-0.05, 0) is 31.2 Å². The number of furan rings is 1. The molecule has 5 nitrogen and oxygen atoms in total. The van der Waals surface area contributed by atoms with Gasteiger partial charge in [-0.2, -0.15) is 0 Å². The Kier molecular flexibility index (Phi) is 3.63. The number of rotatable bonds is 2. The third-order valence-electron chi connectivity index (χ3n) is 4.36. The third-order valence-corrected chi connectivity index (χ3v) is 4.36. The molecule has 128 valence electrons. The number of hydrogen-bond donors (Lipinski definition) is 0. The van der Waals surface area contributed by atoms with Gasteiger partial charge in [0.1, 0.15) is 11.5 Å². The Balaban J connectivity index is 1.67. The molecule has 1 aliphatic heterocycles. The highest BCUT2D eigenvalue weighted by atomic mass is 19.2. The smallest absolute Gasteiger partial charge is 0.290 e. The molecule has 1 aliphatic rings. The first kappa shape index (κ1) is 15.6. The molecule has 3 heterocycles. The quantitative estimate of drug-likeness (QED) is 0.711. The van der Waals surface area contributed by atoms with Crippen LogP contribution < -0.4 is 0 Å². The fourth-order valence-electron chi connectivity index (χ4n) is 2.99. The fourth-order valence-corrected chi connectivity index (χ4v) is 2.99. The van der Waals surface area contributed by atoms with Crippen molar-refractivity contribution in [2.24, 2.45) is 0 Å². The number of nitrogens with zero attached hydrogens (tertiary/aromatic N) is 2. The van der Waals surface area contributed by atoms with Gasteiger partial charge < -0.3 is 13.8 Å². The summed E-state index contributed by atoms with van der Waals surface area (Å²) in [6.07, 6.45) is 1.97. The maximum absolute atomic E-state index is 13.5. The molecule has 0 fully saturated rings. The number of carbonyl (C=O) groups excluding carboxylic acids is 1. The van der Waals surface area contributed by atoms with Gasteiger partial charge in [0, 0.05) is 29.7 Å². The second-order valence-electron chi connectivity index (χ2n) is 5.97. The summed E-state index contributed by atoms with van der Waals surface area (Å²) < 4.78 is 37.3. The average Bonchev–Trinajstić information content (AvgIpc) is 3.22. The van der Waals surface area contributed by atoms with E-state index < -0.39 is 11.6 Å². The molecule has 4 rings (SSSR count). The van der Waals surface area contributed by atoms with Crippen LogP contribution in [0.2, 0.25) is 0 Å². The summed E-state index contributed by atoms with van der Waals surface area (Å²) >= 11 is 0. The highest BCUT2D eigenvalue weighted by Crippen LogP contribution is 2.31. The molecular weight excluding hydrogens is 330 g/mol. The van der Waals surface area contributed by atoms with Crippen LogP contribution >= 0.6 is 0 Å². The summed E-state index contributed by atoms with van der Waals surface area (Å²) in [6.45, 7) is 2.54. The zero-order chi connectivity index (χ0) is 17.6. The second kappa shape index (κ2) is 5.84. The minimum absolute atomic E-state index is 0.217. The van der Waals surface area contributed by atoms with E-state index >= 15 is 0 Å². The summed E-state index contributed by atoms with van der Waals surface area (Å²) in [4.78, 5) is 14.3. The largest absolute Gasteiger partial charge is 0.459 e. The van der Waals surface area contributed by atoms with E-state index in [1.165, 1.54) is 12.3 Å². The van der Waals surface area contributed by atoms with E-state index in [9.17, 15) is 13.6 Å². The topological polar surface area (TPSA) is 59.5 Å². The van der Waals surface area contributed by atoms with E-state index in [2.05, 4.69) is 5.16 Å². The van der Waals surface area contributed by atoms with Crippen molar-refractivity contribution in [3.8, 4) is 11.3 Å². The SMILES string of the molecule is Cc1ccoc1C(=O)N1CCc2onc(-c3ccc(F)c(F)c3)c2C1. The van der Waals surface area contributed by atoms with E-state index in [0.717, 1.165) is 17.7 Å². The Bertz CT molecular complexity index is 961. The zero-order valence-electron chi connectivity index (χ0n) is 13.4. The lowest BCUT2D eigenvalue weighted by atomic mass is 10.0. The van der Waals surface area contributed by atoms with Crippen molar-refractivity contribution < 1.29 is 22.5 Å². The number of amides is 1. The van der Waals surface area contributed by atoms with Crippen LogP contribution in [0, 0.1) is 18.6 Å². The molecule has 1 amide bonds. The number of benzene rings is 1. The monoisotopic (exact) mass is 344 g/mol. The molecule has 0 spiro atoms. The highest BCUT2D eigenvalue weighted by molar-refractivity contribution is 5.93. The number of halogens is 2. The Morgan fingerprint density at radius 3 is 2.80 bits per heavy atom. The number of hydrogen-bond acceptors (Lipinski definition) is 4. The molecule has 0 radical (unpaired) electrons. The zero-order valence-corrected chi connectivity index (χ0v) is 13.4. The highest BCUT2D eigenvalue weighted by Gasteiger charge is 2.30. The van der Waals surface area contributed by atoms with Crippen molar-refractivity contribution in [1.82, 2.24) is 10.1 Å². The lowest BCUT2D eigenvalue weighted by Crippen LogP contribution is -2.35. The Morgan fingerprint density at radius 2 is 2.08 bits per heavy atom. The molecule has 1 aromatic carbocycles. The molecule has 7 heteroatoms. The molecule has 0 atom stereocenters. The second-order valence-corrected chi connectivity index (χ2v) is 5.97. The molecule has 3 aromatic rings. The lowest BCUT2D eigenvalue weighted by Gasteiger charge is -2.25. The summed E-state index contributed by atoms with van der Waals surface area (Å²) in [6, 6.07) is 5.29. The number of aromatic nitrogens is 1. The molecule has 0 N–H and O–H groups in total. The summed E-state index contributed by atoms with van der Waals surface area (Å²) in [5.41, 5.74) is 2.30. The molecule has 0 unspecified atom stereocenters. The molecule has 2 aromatic heterocycles. The molecule has 0 saturated carbocycles. The van der Waals surface area contributed by atoms with E-state index in [1.807, 2.05) is 0 Å². The first-order chi connectivity index (χ1) is 12.0. The van der Waals surface area contributed by atoms with E-state index in [4.69, 9.17) is 8.94 Å². The van der Waals surface area contributed by atoms with E-state index in [1.54, 1.807) is 17.9 Å². The Morgan fingerprint density at radius 1 is 1.24 bits per heavy atom. The summed E-state index contributed by atoms with van der Waals surface area (Å²) in [7, 11) is 0. The predicted octanol–water partition coefficient (Wildman–Crippen LogP) is 3.72. The van der Waals surface area contributed by atoms with Gasteiger partial charge in [-0.15, -0.1) is 0 Å². The summed E-state index contributed by atoms with van der Waals surface area (Å²) in [5.74, 6) is -1.14. The van der Waals surface area contributed by atoms with Gasteiger partial charge in [-0.3, -0.25) is 4.79 Å². The average molecular weight is 344 g/mol. The van der Waals surface area contributed by atoms with Crippen molar-refractivity contribution in [2.45, 2.75) is 19.9 Å². The standard InChI is InChI=1S/C18H14F2N2O3/c1-10-5-7-24-17(10)18(23)22-6-4-15-12(9-22)16(21-25-15)11-2-3-13(19)14(20)8-11/h2-3,5,7-8H,4,6,9H2,1H3. The minimum Gasteiger partial charge on any atom is -0.459 e. The van der Waals surface area contributed by atoms with Gasteiger partial charge in [0.15, 0.2) is 17.4 Å². The predicted molar refractivity (Wildman–Crippen MR) is 83.7 cm³/mol. The molecule has 25 heavy (non-hydrogen) atoms. The number of aryl methyl sites for hydroxylation is 1. The minimum atomic E-state index is -0.954. The number of carbonyl (C=O) groups is 1. The van der Waals surface area contributed by atoms with Crippen LogP contribution in [0.1, 0.15) is 27.4 Å². The van der Waals surface area contributed by atoms with E-state index in [-0.39, 0.29) is 12.5 Å². The molecule has 0 bridgehead atoms. The van der Waals surface area contributed by atoms with Crippen LogP contribution in [-0.4, -0.2) is 22.5 Å². The van der Waals surface area contributed by atoms with Gasteiger partial charge in [0.05, 0.1) is 12.8 Å². The van der Waals surface area contributed by atoms with Crippen molar-refractivity contribution in [1.29, 1.82) is 0 Å². The van der Waals surface area contributed by atoms with Gasteiger partial charge >= 0.3 is 0 Å². The van der Waals surface area contributed by atoms with Crippen LogP contribution in [0.5, 0.6) is 0 Å². The maximum Gasteiger partial charge on any atom is 0.290 e. The third kappa shape index (κ3) is 2.61. The van der Waals surface area contributed by atoms with Crippen LogP contribution in [0.25, 0.3) is 11.3 Å². The molecule has 0 aliphatic carbocycles. The van der Waals surface area contributed by atoms with Crippen molar-refractivity contribution in [3.05, 3.63) is 64.8 Å².